The van der Waals surface area contributed by atoms with Gasteiger partial charge in [0.25, 0.3) is 5.91 Å². The molecule has 3 N–H and O–H groups in total. The van der Waals surface area contributed by atoms with Gasteiger partial charge in [0.2, 0.25) is 10.0 Å². The zero-order valence-electron chi connectivity index (χ0n) is 17.0. The molecule has 0 saturated heterocycles. The smallest absolute Gasteiger partial charge is 0.327 e. The molecule has 0 heterocycles. The van der Waals surface area contributed by atoms with Crippen molar-refractivity contribution in [1.29, 1.82) is 0 Å². The van der Waals surface area contributed by atoms with Crippen LogP contribution in [0.25, 0.3) is 0 Å². The molecule has 0 fully saturated rings. The zero-order valence-corrected chi connectivity index (χ0v) is 19.3. The largest absolute Gasteiger partial charge is 0.454 e. The molecule has 0 radical (unpaired) electrons. The second kappa shape index (κ2) is 10.4. The zero-order chi connectivity index (χ0) is 23.3. The molecule has 0 aliphatic heterocycles. The highest BCUT2D eigenvalue weighted by Gasteiger charge is 2.31. The lowest BCUT2D eigenvalue weighted by Gasteiger charge is -2.20. The van der Waals surface area contributed by atoms with Crippen molar-refractivity contribution >= 4 is 50.8 Å². The molecule has 0 saturated carbocycles. The Labute approximate surface area is 190 Å². The van der Waals surface area contributed by atoms with Gasteiger partial charge in [0.1, 0.15) is 6.04 Å². The third-order valence-corrected chi connectivity index (χ3v) is 6.40. The second-order valence-corrected chi connectivity index (χ2v) is 9.42. The van der Waals surface area contributed by atoms with Crippen LogP contribution in [-0.4, -0.2) is 44.2 Å². The Bertz CT molecular complexity index is 1090. The van der Waals surface area contributed by atoms with E-state index in [2.05, 4.69) is 10.0 Å². The van der Waals surface area contributed by atoms with Crippen molar-refractivity contribution < 1.29 is 27.9 Å². The van der Waals surface area contributed by atoms with Gasteiger partial charge in [-0.15, -0.1) is 0 Å². The summed E-state index contributed by atoms with van der Waals surface area (Å²) in [6, 6.07) is 7.35. The number of aliphatic hydroxyl groups excluding tert-OH is 1. The summed E-state index contributed by atoms with van der Waals surface area (Å²) in [5, 5.41) is 12.6. The summed E-state index contributed by atoms with van der Waals surface area (Å²) in [7, 11) is -4.24. The summed E-state index contributed by atoms with van der Waals surface area (Å²) >= 11 is 11.6. The number of rotatable bonds is 8. The molecule has 2 atom stereocenters. The van der Waals surface area contributed by atoms with E-state index in [0.717, 1.165) is 17.2 Å². The predicted octanol–water partition coefficient (Wildman–Crippen LogP) is 2.82. The van der Waals surface area contributed by atoms with Crippen LogP contribution in [-0.2, 0) is 24.3 Å². The number of esters is 1. The van der Waals surface area contributed by atoms with Crippen molar-refractivity contribution in [2.24, 2.45) is 0 Å². The first-order valence-corrected chi connectivity index (χ1v) is 11.3. The number of aryl methyl sites for hydroxylation is 2. The number of anilines is 1. The fourth-order valence-electron chi connectivity index (χ4n) is 2.59. The third-order valence-electron chi connectivity index (χ3n) is 4.22. The maximum absolute atomic E-state index is 12.5. The van der Waals surface area contributed by atoms with E-state index in [0.29, 0.717) is 5.69 Å². The number of amides is 1. The molecule has 0 spiro atoms. The van der Waals surface area contributed by atoms with Crippen LogP contribution in [0.2, 0.25) is 10.0 Å². The minimum atomic E-state index is -4.24. The number of aliphatic hydroxyl groups is 1. The van der Waals surface area contributed by atoms with Crippen LogP contribution in [0, 0.1) is 13.8 Å². The number of benzene rings is 2. The highest BCUT2D eigenvalue weighted by atomic mass is 35.5. The molecule has 11 heteroatoms. The van der Waals surface area contributed by atoms with E-state index in [9.17, 15) is 23.1 Å². The molecule has 1 amide bonds. The van der Waals surface area contributed by atoms with E-state index in [-0.39, 0.29) is 14.9 Å². The molecular weight excluding hydrogens is 467 g/mol. The van der Waals surface area contributed by atoms with Crippen LogP contribution in [0.3, 0.4) is 0 Å². The number of carbonyl (C=O) groups excluding carboxylic acids is 2. The van der Waals surface area contributed by atoms with Crippen LogP contribution < -0.4 is 10.0 Å². The topological polar surface area (TPSA) is 122 Å². The average Bonchev–Trinajstić information content (AvgIpc) is 2.68. The van der Waals surface area contributed by atoms with Gasteiger partial charge in [-0.25, -0.2) is 8.42 Å². The molecule has 0 aliphatic rings. The number of hydrogen-bond acceptors (Lipinski definition) is 6. The van der Waals surface area contributed by atoms with E-state index < -0.39 is 40.7 Å². The quantitative estimate of drug-likeness (QED) is 0.491. The van der Waals surface area contributed by atoms with E-state index in [4.69, 9.17) is 27.9 Å². The molecule has 2 rings (SSSR count). The van der Waals surface area contributed by atoms with Crippen molar-refractivity contribution in [3.8, 4) is 0 Å². The lowest BCUT2D eigenvalue weighted by Crippen LogP contribution is -2.48. The van der Waals surface area contributed by atoms with Gasteiger partial charge in [0.15, 0.2) is 6.61 Å². The van der Waals surface area contributed by atoms with E-state index in [1.54, 1.807) is 6.07 Å². The first-order chi connectivity index (χ1) is 14.4. The highest BCUT2D eigenvalue weighted by molar-refractivity contribution is 7.89. The van der Waals surface area contributed by atoms with Crippen LogP contribution >= 0.6 is 23.2 Å². The van der Waals surface area contributed by atoms with Gasteiger partial charge < -0.3 is 15.2 Å². The summed E-state index contributed by atoms with van der Waals surface area (Å²) in [5.74, 6) is -1.73. The van der Waals surface area contributed by atoms with Gasteiger partial charge in [-0.1, -0.05) is 40.9 Å². The number of nitrogens with one attached hydrogen (secondary N) is 2. The first kappa shape index (κ1) is 25.1. The summed E-state index contributed by atoms with van der Waals surface area (Å²) in [6.07, 6.45) is -1.44. The normalized spacial score (nSPS) is 13.4. The molecule has 2 aromatic carbocycles. The van der Waals surface area contributed by atoms with Crippen molar-refractivity contribution in [2.45, 2.75) is 37.8 Å². The number of halogens is 2. The minimum absolute atomic E-state index is 0.00350. The van der Waals surface area contributed by atoms with Gasteiger partial charge in [0, 0.05) is 5.69 Å². The maximum Gasteiger partial charge on any atom is 0.327 e. The van der Waals surface area contributed by atoms with Crippen LogP contribution in [0.4, 0.5) is 5.69 Å². The monoisotopic (exact) mass is 488 g/mol. The summed E-state index contributed by atoms with van der Waals surface area (Å²) in [5.41, 5.74) is 2.41. The number of carbonyl (C=O) groups is 2. The van der Waals surface area contributed by atoms with Crippen molar-refractivity contribution in [3.05, 3.63) is 57.6 Å². The fraction of sp³-hybridized carbons (Fsp3) is 0.300. The average molecular weight is 489 g/mol. The minimum Gasteiger partial charge on any atom is -0.454 e. The van der Waals surface area contributed by atoms with Gasteiger partial charge in [-0.05, 0) is 50.6 Å². The van der Waals surface area contributed by atoms with Crippen LogP contribution in [0.5, 0.6) is 0 Å². The molecule has 31 heavy (non-hydrogen) atoms. The SMILES string of the molecule is Cc1ccc(NC(=O)COC(=O)C(NS(=O)(=O)c2ccc(Cl)c(Cl)c2)C(C)O)c(C)c1. The van der Waals surface area contributed by atoms with Gasteiger partial charge in [0.05, 0.1) is 21.0 Å². The van der Waals surface area contributed by atoms with E-state index in [1.165, 1.54) is 19.1 Å². The number of ether oxygens (including phenoxy) is 1. The Kier molecular flexibility index (Phi) is 8.44. The molecule has 0 aromatic heterocycles. The maximum atomic E-state index is 12.5. The van der Waals surface area contributed by atoms with Gasteiger partial charge in [-0.3, -0.25) is 9.59 Å². The Morgan fingerprint density at radius 2 is 1.77 bits per heavy atom. The van der Waals surface area contributed by atoms with Crippen molar-refractivity contribution in [2.75, 3.05) is 11.9 Å². The fourth-order valence-corrected chi connectivity index (χ4v) is 4.24. The Morgan fingerprint density at radius 1 is 1.10 bits per heavy atom. The highest BCUT2D eigenvalue weighted by Crippen LogP contribution is 2.25. The van der Waals surface area contributed by atoms with Gasteiger partial charge in [-0.2, -0.15) is 4.72 Å². The summed E-state index contributed by atoms with van der Waals surface area (Å²) in [4.78, 5) is 24.2. The van der Waals surface area contributed by atoms with Crippen molar-refractivity contribution in [1.82, 2.24) is 4.72 Å². The molecule has 168 valence electrons. The summed E-state index contributed by atoms with van der Waals surface area (Å²) in [6.45, 7) is 4.27. The Balaban J connectivity index is 2.04. The molecular formula is C20H22Cl2N2O6S. The lowest BCUT2D eigenvalue weighted by atomic mass is 10.1. The second-order valence-electron chi connectivity index (χ2n) is 6.89. The molecule has 2 aromatic rings. The third kappa shape index (κ3) is 6.91. The van der Waals surface area contributed by atoms with E-state index in [1.807, 2.05) is 26.0 Å². The molecule has 2 unspecified atom stereocenters. The lowest BCUT2D eigenvalue weighted by molar-refractivity contribution is -0.151. The number of hydrogen-bond donors (Lipinski definition) is 3. The van der Waals surface area contributed by atoms with E-state index >= 15 is 0 Å². The Hall–Kier alpha value is -2.17. The van der Waals surface area contributed by atoms with Gasteiger partial charge >= 0.3 is 5.97 Å². The summed E-state index contributed by atoms with van der Waals surface area (Å²) < 4.78 is 32.1. The Morgan fingerprint density at radius 3 is 2.35 bits per heavy atom. The first-order valence-electron chi connectivity index (χ1n) is 9.10. The molecule has 0 bridgehead atoms. The van der Waals surface area contributed by atoms with Crippen LogP contribution in [0.15, 0.2) is 41.3 Å². The molecule has 8 nitrogen and oxygen atoms in total. The molecule has 0 aliphatic carbocycles. The van der Waals surface area contributed by atoms with Crippen LogP contribution in [0.1, 0.15) is 18.1 Å². The number of sulfonamides is 1. The standard InChI is InChI=1S/C20H22Cl2N2O6S/c1-11-4-7-17(12(2)8-11)23-18(26)10-30-20(27)19(13(3)25)24-31(28,29)14-5-6-15(21)16(22)9-14/h4-9,13,19,24-25H,10H2,1-3H3,(H,23,26). The predicted molar refractivity (Wildman–Crippen MR) is 118 cm³/mol. The van der Waals surface area contributed by atoms with Crippen molar-refractivity contribution in [3.63, 3.8) is 0 Å².